The number of benzene rings is 2. The summed E-state index contributed by atoms with van der Waals surface area (Å²) in [6.45, 7) is 6.68. The summed E-state index contributed by atoms with van der Waals surface area (Å²) in [6, 6.07) is 15.6. The molecule has 1 spiro atoms. The van der Waals surface area contributed by atoms with E-state index in [-0.39, 0.29) is 29.1 Å². The lowest BCUT2D eigenvalue weighted by Crippen LogP contribution is -2.58. The van der Waals surface area contributed by atoms with Crippen molar-refractivity contribution in [1.29, 1.82) is 0 Å². The van der Waals surface area contributed by atoms with Gasteiger partial charge in [0.25, 0.3) is 0 Å². The molecule has 1 fully saturated rings. The standard InChI is InChI=1S/C32H40N4O4/c1-4-40-28(37)18-21-19-32(25-11-7-5-9-23(21)25)13-15-36(16-14-32)29(38)27(35-30(39)31(2,3)33)17-22-20-34-26-12-8-6-10-24(22)26/h5-12,20-21,27,34H,4,13-19,33H2,1-3H3,(H,35,39)/t21-,27?/m0/s1. The monoisotopic (exact) mass is 544 g/mol. The summed E-state index contributed by atoms with van der Waals surface area (Å²) >= 11 is 0. The van der Waals surface area contributed by atoms with Crippen molar-refractivity contribution in [2.45, 2.75) is 75.8 Å². The number of aromatic amines is 1. The van der Waals surface area contributed by atoms with E-state index in [4.69, 9.17) is 10.5 Å². The zero-order chi connectivity index (χ0) is 28.5. The maximum absolute atomic E-state index is 14.0. The average molecular weight is 545 g/mol. The van der Waals surface area contributed by atoms with Gasteiger partial charge in [-0.15, -0.1) is 0 Å². The molecule has 1 aliphatic carbocycles. The number of nitrogens with two attached hydrogens (primary N) is 1. The van der Waals surface area contributed by atoms with Crippen LogP contribution in [-0.4, -0.2) is 58.9 Å². The Balaban J connectivity index is 1.33. The van der Waals surface area contributed by atoms with Crippen molar-refractivity contribution in [3.63, 3.8) is 0 Å². The van der Waals surface area contributed by atoms with Gasteiger partial charge in [-0.25, -0.2) is 0 Å². The van der Waals surface area contributed by atoms with Crippen LogP contribution in [0.5, 0.6) is 0 Å². The van der Waals surface area contributed by atoms with E-state index < -0.39 is 11.6 Å². The molecule has 0 bridgehead atoms. The smallest absolute Gasteiger partial charge is 0.306 e. The highest BCUT2D eigenvalue weighted by Crippen LogP contribution is 2.52. The average Bonchev–Trinajstić information content (AvgIpc) is 3.47. The number of piperidine rings is 1. The molecule has 8 heteroatoms. The van der Waals surface area contributed by atoms with Crippen LogP contribution in [0.4, 0.5) is 0 Å². The predicted octanol–water partition coefficient (Wildman–Crippen LogP) is 3.93. The number of aromatic nitrogens is 1. The predicted molar refractivity (Wildman–Crippen MR) is 155 cm³/mol. The van der Waals surface area contributed by atoms with Gasteiger partial charge in [0.1, 0.15) is 6.04 Å². The first-order chi connectivity index (χ1) is 19.1. The van der Waals surface area contributed by atoms with E-state index in [1.165, 1.54) is 11.1 Å². The minimum atomic E-state index is -1.10. The Bertz CT molecular complexity index is 1400. The summed E-state index contributed by atoms with van der Waals surface area (Å²) in [5, 5.41) is 3.99. The normalized spacial score (nSPS) is 18.9. The molecule has 2 atom stereocenters. The lowest BCUT2D eigenvalue weighted by Gasteiger charge is -2.41. The number of carbonyl (C=O) groups excluding carboxylic acids is 3. The van der Waals surface area contributed by atoms with Gasteiger partial charge in [0.15, 0.2) is 0 Å². The van der Waals surface area contributed by atoms with Crippen LogP contribution >= 0.6 is 0 Å². The Morgan fingerprint density at radius 1 is 1.12 bits per heavy atom. The van der Waals surface area contributed by atoms with Crippen LogP contribution in [0, 0.1) is 0 Å². The lowest BCUT2D eigenvalue weighted by molar-refractivity contribution is -0.143. The van der Waals surface area contributed by atoms with Crippen molar-refractivity contribution in [3.8, 4) is 0 Å². The van der Waals surface area contributed by atoms with Crippen molar-refractivity contribution >= 4 is 28.7 Å². The van der Waals surface area contributed by atoms with Crippen molar-refractivity contribution in [2.75, 3.05) is 19.7 Å². The minimum absolute atomic E-state index is 0.0701. The van der Waals surface area contributed by atoms with E-state index in [9.17, 15) is 14.4 Å². The van der Waals surface area contributed by atoms with Crippen LogP contribution in [0.1, 0.15) is 69.1 Å². The second-order valence-corrected chi connectivity index (χ2v) is 11.9. The van der Waals surface area contributed by atoms with E-state index in [0.29, 0.717) is 32.5 Å². The number of nitrogens with zero attached hydrogens (tertiary/aromatic N) is 1. The Kier molecular flexibility index (Phi) is 7.73. The number of amides is 2. The first-order valence-corrected chi connectivity index (χ1v) is 14.3. The van der Waals surface area contributed by atoms with Crippen LogP contribution in [0.2, 0.25) is 0 Å². The van der Waals surface area contributed by atoms with Crippen molar-refractivity contribution in [3.05, 3.63) is 71.4 Å². The second kappa shape index (κ2) is 11.1. The fraction of sp³-hybridized carbons (Fsp3) is 0.469. The van der Waals surface area contributed by atoms with E-state index in [2.05, 4.69) is 28.5 Å². The number of carbonyl (C=O) groups is 3. The zero-order valence-electron chi connectivity index (χ0n) is 23.7. The first kappa shape index (κ1) is 27.9. The molecule has 0 radical (unpaired) electrons. The molecule has 0 saturated carbocycles. The van der Waals surface area contributed by atoms with Gasteiger partial charge in [0.05, 0.1) is 18.6 Å². The van der Waals surface area contributed by atoms with Gasteiger partial charge >= 0.3 is 5.97 Å². The van der Waals surface area contributed by atoms with Crippen LogP contribution in [0.25, 0.3) is 10.9 Å². The van der Waals surface area contributed by atoms with Gasteiger partial charge in [-0.1, -0.05) is 42.5 Å². The molecule has 2 amide bonds. The van der Waals surface area contributed by atoms with E-state index >= 15 is 0 Å². The SMILES string of the molecule is CCOC(=O)C[C@H]1CC2(CCN(C(=O)C(Cc3c[nH]c4ccccc34)NC(=O)C(C)(C)N)CC2)c2ccccc21. The summed E-state index contributed by atoms with van der Waals surface area (Å²) in [6.07, 6.45) is 5.16. The topological polar surface area (TPSA) is 118 Å². The van der Waals surface area contributed by atoms with Gasteiger partial charge in [0, 0.05) is 36.6 Å². The number of likely N-dealkylation sites (tertiary alicyclic amines) is 1. The number of nitrogens with one attached hydrogen (secondary N) is 2. The molecule has 40 heavy (non-hydrogen) atoms. The highest BCUT2D eigenvalue weighted by atomic mass is 16.5. The lowest BCUT2D eigenvalue weighted by atomic mass is 9.73. The first-order valence-electron chi connectivity index (χ1n) is 14.3. The molecule has 1 aromatic heterocycles. The van der Waals surface area contributed by atoms with Crippen LogP contribution < -0.4 is 11.1 Å². The molecule has 2 aliphatic rings. The van der Waals surface area contributed by atoms with Gasteiger partial charge in [-0.05, 0) is 74.1 Å². The van der Waals surface area contributed by atoms with Gasteiger partial charge in [-0.3, -0.25) is 14.4 Å². The summed E-state index contributed by atoms with van der Waals surface area (Å²) in [5.74, 6) is -0.485. The van der Waals surface area contributed by atoms with Gasteiger partial charge in [-0.2, -0.15) is 0 Å². The minimum Gasteiger partial charge on any atom is -0.466 e. The molecular weight excluding hydrogens is 504 g/mol. The van der Waals surface area contributed by atoms with Crippen LogP contribution in [0.3, 0.4) is 0 Å². The second-order valence-electron chi connectivity index (χ2n) is 11.9. The molecule has 2 heterocycles. The molecule has 1 saturated heterocycles. The molecule has 212 valence electrons. The third kappa shape index (κ3) is 5.50. The fourth-order valence-corrected chi connectivity index (χ4v) is 6.54. The Morgan fingerprint density at radius 3 is 2.55 bits per heavy atom. The molecule has 4 N–H and O–H groups in total. The number of rotatable bonds is 8. The number of esters is 1. The Hall–Kier alpha value is -3.65. The fourth-order valence-electron chi connectivity index (χ4n) is 6.54. The summed E-state index contributed by atoms with van der Waals surface area (Å²) < 4.78 is 5.26. The number of ether oxygens (including phenoxy) is 1. The van der Waals surface area contributed by atoms with Crippen LogP contribution in [0.15, 0.2) is 54.7 Å². The summed E-state index contributed by atoms with van der Waals surface area (Å²) in [7, 11) is 0. The van der Waals surface area contributed by atoms with Crippen molar-refractivity contribution in [2.24, 2.45) is 5.73 Å². The third-order valence-electron chi connectivity index (χ3n) is 8.65. The molecule has 3 aromatic rings. The largest absolute Gasteiger partial charge is 0.466 e. The molecule has 8 nitrogen and oxygen atoms in total. The maximum Gasteiger partial charge on any atom is 0.306 e. The molecular formula is C32H40N4O4. The molecule has 1 aliphatic heterocycles. The van der Waals surface area contributed by atoms with E-state index in [1.807, 2.05) is 48.4 Å². The van der Waals surface area contributed by atoms with Crippen molar-refractivity contribution < 1.29 is 19.1 Å². The Labute approximate surface area is 235 Å². The number of fused-ring (bicyclic) bond motifs is 3. The van der Waals surface area contributed by atoms with E-state index in [1.54, 1.807) is 13.8 Å². The number of para-hydroxylation sites is 1. The zero-order valence-corrected chi connectivity index (χ0v) is 23.7. The van der Waals surface area contributed by atoms with Crippen molar-refractivity contribution in [1.82, 2.24) is 15.2 Å². The number of H-pyrrole nitrogens is 1. The number of hydrogen-bond acceptors (Lipinski definition) is 5. The maximum atomic E-state index is 14.0. The molecule has 2 aromatic carbocycles. The van der Waals surface area contributed by atoms with Gasteiger partial charge < -0.3 is 25.7 Å². The molecule has 1 unspecified atom stereocenters. The number of hydrogen-bond donors (Lipinski definition) is 3. The molecule has 5 rings (SSSR count). The van der Waals surface area contributed by atoms with Crippen LogP contribution in [-0.2, 0) is 31.0 Å². The van der Waals surface area contributed by atoms with E-state index in [0.717, 1.165) is 35.7 Å². The highest BCUT2D eigenvalue weighted by molar-refractivity contribution is 5.92. The highest BCUT2D eigenvalue weighted by Gasteiger charge is 2.47. The van der Waals surface area contributed by atoms with Gasteiger partial charge in [0.2, 0.25) is 11.8 Å². The Morgan fingerprint density at radius 2 is 1.82 bits per heavy atom. The quantitative estimate of drug-likeness (QED) is 0.372. The summed E-state index contributed by atoms with van der Waals surface area (Å²) in [4.78, 5) is 44.4. The third-order valence-corrected chi connectivity index (χ3v) is 8.65. The summed E-state index contributed by atoms with van der Waals surface area (Å²) in [5.41, 5.74) is 9.40.